The Hall–Kier alpha value is -1.92. The van der Waals surface area contributed by atoms with Crippen LogP contribution in [0.1, 0.15) is 36.5 Å². The molecule has 2 aromatic rings. The largest absolute Gasteiger partial charge is 0.441 e. The molecule has 1 aromatic heterocycles. The molecular weight excluding hydrogens is 284 g/mol. The average Bonchev–Trinajstić information content (AvgIpc) is 2.84. The van der Waals surface area contributed by atoms with Gasteiger partial charge in [0.1, 0.15) is 5.52 Å². The van der Waals surface area contributed by atoms with Crippen molar-refractivity contribution in [1.82, 2.24) is 10.3 Å². The van der Waals surface area contributed by atoms with Crippen molar-refractivity contribution in [3.05, 3.63) is 29.7 Å². The topological polar surface area (TPSA) is 84.6 Å². The van der Waals surface area contributed by atoms with Gasteiger partial charge in [-0.15, -0.1) is 0 Å². The number of benzene rings is 1. The van der Waals surface area contributed by atoms with E-state index in [1.54, 1.807) is 25.1 Å². The number of carbonyl (C=O) groups excluding carboxylic acids is 1. The predicted octanol–water partition coefficient (Wildman–Crippen LogP) is 2.25. The molecule has 22 heavy (non-hydrogen) atoms. The number of hydrogen-bond acceptors (Lipinski definition) is 5. The molecule has 0 saturated carbocycles. The van der Waals surface area contributed by atoms with Gasteiger partial charge in [-0.1, -0.05) is 13.8 Å². The fourth-order valence-electron chi connectivity index (χ4n) is 2.35. The summed E-state index contributed by atoms with van der Waals surface area (Å²) in [6.45, 7) is 5.79. The SMILES string of the molecule is COC(O)C(CC(C)C)NC(=O)c1ccc2nc(C)oc2c1. The molecule has 0 bridgehead atoms. The number of aliphatic hydroxyl groups excluding tert-OH is 1. The fraction of sp³-hybridized carbons (Fsp3) is 0.500. The number of aryl methyl sites for hydroxylation is 1. The number of methoxy groups -OCH3 is 1. The first-order chi connectivity index (χ1) is 10.4. The number of nitrogens with zero attached hydrogens (tertiary/aromatic N) is 1. The number of aliphatic hydroxyl groups is 1. The number of fused-ring (bicyclic) bond motifs is 1. The van der Waals surface area contributed by atoms with Gasteiger partial charge in [-0.2, -0.15) is 0 Å². The minimum atomic E-state index is -1.04. The van der Waals surface area contributed by atoms with Crippen molar-refractivity contribution < 1.29 is 19.1 Å². The monoisotopic (exact) mass is 306 g/mol. The molecule has 0 aliphatic rings. The van der Waals surface area contributed by atoms with Crippen molar-refractivity contribution >= 4 is 17.0 Å². The molecule has 0 radical (unpaired) electrons. The van der Waals surface area contributed by atoms with Gasteiger partial charge in [0.05, 0.1) is 6.04 Å². The Morgan fingerprint density at radius 2 is 2.18 bits per heavy atom. The summed E-state index contributed by atoms with van der Waals surface area (Å²) in [6.07, 6.45) is -0.424. The molecule has 1 aromatic carbocycles. The van der Waals surface area contributed by atoms with E-state index in [1.807, 2.05) is 13.8 Å². The molecule has 0 saturated heterocycles. The van der Waals surface area contributed by atoms with Crippen LogP contribution in [0.15, 0.2) is 22.6 Å². The maximum absolute atomic E-state index is 12.4. The van der Waals surface area contributed by atoms with Crippen LogP contribution in [0.3, 0.4) is 0 Å². The molecule has 0 aliphatic carbocycles. The van der Waals surface area contributed by atoms with E-state index in [4.69, 9.17) is 9.15 Å². The predicted molar refractivity (Wildman–Crippen MR) is 82.5 cm³/mol. The van der Waals surface area contributed by atoms with Crippen LogP contribution in [0.4, 0.5) is 0 Å². The summed E-state index contributed by atoms with van der Waals surface area (Å²) in [7, 11) is 1.41. The quantitative estimate of drug-likeness (QED) is 0.800. The molecule has 0 fully saturated rings. The molecule has 1 amide bonds. The Labute approximate surface area is 129 Å². The second kappa shape index (κ2) is 6.89. The first-order valence-corrected chi connectivity index (χ1v) is 7.29. The van der Waals surface area contributed by atoms with Crippen LogP contribution in [0, 0.1) is 12.8 Å². The van der Waals surface area contributed by atoms with E-state index in [0.29, 0.717) is 34.9 Å². The summed E-state index contributed by atoms with van der Waals surface area (Å²) in [5.41, 5.74) is 1.74. The molecular formula is C16H22N2O4. The van der Waals surface area contributed by atoms with Crippen molar-refractivity contribution in [3.63, 3.8) is 0 Å². The fourth-order valence-corrected chi connectivity index (χ4v) is 2.35. The molecule has 2 rings (SSSR count). The summed E-state index contributed by atoms with van der Waals surface area (Å²) >= 11 is 0. The van der Waals surface area contributed by atoms with Gasteiger partial charge in [-0.3, -0.25) is 4.79 Å². The zero-order valence-electron chi connectivity index (χ0n) is 13.3. The molecule has 1 heterocycles. The minimum Gasteiger partial charge on any atom is -0.441 e. The molecule has 2 atom stereocenters. The number of hydrogen-bond donors (Lipinski definition) is 2. The summed E-state index contributed by atoms with van der Waals surface area (Å²) in [4.78, 5) is 16.6. The summed E-state index contributed by atoms with van der Waals surface area (Å²) in [6, 6.07) is 4.61. The molecule has 2 N–H and O–H groups in total. The van der Waals surface area contributed by atoms with E-state index in [1.165, 1.54) is 7.11 Å². The molecule has 2 unspecified atom stereocenters. The number of oxazole rings is 1. The van der Waals surface area contributed by atoms with Gasteiger partial charge in [-0.25, -0.2) is 4.98 Å². The van der Waals surface area contributed by atoms with E-state index in [0.717, 1.165) is 0 Å². The number of ether oxygens (including phenoxy) is 1. The first-order valence-electron chi connectivity index (χ1n) is 7.29. The highest BCUT2D eigenvalue weighted by Crippen LogP contribution is 2.17. The lowest BCUT2D eigenvalue weighted by Crippen LogP contribution is -2.45. The number of rotatable bonds is 6. The average molecular weight is 306 g/mol. The zero-order valence-corrected chi connectivity index (χ0v) is 13.3. The van der Waals surface area contributed by atoms with Crippen LogP contribution in [-0.2, 0) is 4.74 Å². The smallest absolute Gasteiger partial charge is 0.251 e. The summed E-state index contributed by atoms with van der Waals surface area (Å²) < 4.78 is 10.4. The summed E-state index contributed by atoms with van der Waals surface area (Å²) in [5, 5.41) is 12.7. The van der Waals surface area contributed by atoms with E-state index in [-0.39, 0.29) is 5.91 Å². The second-order valence-electron chi connectivity index (χ2n) is 5.75. The number of carbonyl (C=O) groups is 1. The van der Waals surface area contributed by atoms with Gasteiger partial charge >= 0.3 is 0 Å². The Balaban J connectivity index is 2.16. The number of amides is 1. The van der Waals surface area contributed by atoms with E-state index in [2.05, 4.69) is 10.3 Å². The van der Waals surface area contributed by atoms with Crippen LogP contribution in [0.25, 0.3) is 11.1 Å². The van der Waals surface area contributed by atoms with Crippen molar-refractivity contribution in [1.29, 1.82) is 0 Å². The van der Waals surface area contributed by atoms with Crippen LogP contribution < -0.4 is 5.32 Å². The zero-order chi connectivity index (χ0) is 16.3. The van der Waals surface area contributed by atoms with Crippen molar-refractivity contribution in [2.45, 2.75) is 39.5 Å². The van der Waals surface area contributed by atoms with E-state index < -0.39 is 12.3 Å². The molecule has 6 nitrogen and oxygen atoms in total. The third-order valence-corrected chi connectivity index (χ3v) is 3.39. The van der Waals surface area contributed by atoms with Crippen molar-refractivity contribution in [2.75, 3.05) is 7.11 Å². The van der Waals surface area contributed by atoms with Gasteiger partial charge < -0.3 is 19.6 Å². The Bertz CT molecular complexity index is 651. The van der Waals surface area contributed by atoms with Crippen LogP contribution in [-0.4, -0.2) is 35.4 Å². The highest BCUT2D eigenvalue weighted by Gasteiger charge is 2.23. The lowest BCUT2D eigenvalue weighted by Gasteiger charge is -2.24. The van der Waals surface area contributed by atoms with Gasteiger partial charge in [-0.05, 0) is 30.5 Å². The van der Waals surface area contributed by atoms with Crippen molar-refractivity contribution in [2.24, 2.45) is 5.92 Å². The van der Waals surface area contributed by atoms with Gasteiger partial charge in [0.2, 0.25) is 0 Å². The Morgan fingerprint density at radius 3 is 2.82 bits per heavy atom. The second-order valence-corrected chi connectivity index (χ2v) is 5.75. The first kappa shape index (κ1) is 16.5. The van der Waals surface area contributed by atoms with Gasteiger partial charge in [0, 0.05) is 19.6 Å². The van der Waals surface area contributed by atoms with Crippen LogP contribution in [0.2, 0.25) is 0 Å². The lowest BCUT2D eigenvalue weighted by molar-refractivity contribution is -0.0982. The highest BCUT2D eigenvalue weighted by atomic mass is 16.6. The molecule has 0 spiro atoms. The third-order valence-electron chi connectivity index (χ3n) is 3.39. The molecule has 0 aliphatic heterocycles. The standard InChI is InChI=1S/C16H22N2O4/c1-9(2)7-13(16(20)21-4)18-15(19)11-5-6-12-14(8-11)22-10(3)17-12/h5-6,8-9,13,16,20H,7H2,1-4H3,(H,18,19). The Morgan fingerprint density at radius 1 is 1.45 bits per heavy atom. The van der Waals surface area contributed by atoms with E-state index in [9.17, 15) is 9.90 Å². The van der Waals surface area contributed by atoms with Crippen LogP contribution >= 0.6 is 0 Å². The Kier molecular flexibility index (Phi) is 5.15. The molecule has 120 valence electrons. The maximum atomic E-state index is 12.4. The normalized spacial score (nSPS) is 14.3. The van der Waals surface area contributed by atoms with Gasteiger partial charge in [0.25, 0.3) is 5.91 Å². The number of nitrogens with one attached hydrogen (secondary N) is 1. The highest BCUT2D eigenvalue weighted by molar-refractivity contribution is 5.97. The van der Waals surface area contributed by atoms with E-state index >= 15 is 0 Å². The van der Waals surface area contributed by atoms with Crippen molar-refractivity contribution in [3.8, 4) is 0 Å². The van der Waals surface area contributed by atoms with Crippen LogP contribution in [0.5, 0.6) is 0 Å². The molecule has 6 heteroatoms. The maximum Gasteiger partial charge on any atom is 0.251 e. The third kappa shape index (κ3) is 3.84. The van der Waals surface area contributed by atoms with Gasteiger partial charge in [0.15, 0.2) is 17.8 Å². The number of aromatic nitrogens is 1. The lowest BCUT2D eigenvalue weighted by atomic mass is 10.0. The minimum absolute atomic E-state index is 0.280. The summed E-state index contributed by atoms with van der Waals surface area (Å²) in [5.74, 6) is 0.590.